The van der Waals surface area contributed by atoms with Crippen LogP contribution in [0.2, 0.25) is 0 Å². The molecule has 4 nitrogen and oxygen atoms in total. The molecule has 3 unspecified atom stereocenters. The summed E-state index contributed by atoms with van der Waals surface area (Å²) in [5.74, 6) is 1.79. The van der Waals surface area contributed by atoms with Gasteiger partial charge in [0.2, 0.25) is 0 Å². The number of hydrogen-bond donors (Lipinski definition) is 0. The first kappa shape index (κ1) is 19.0. The summed E-state index contributed by atoms with van der Waals surface area (Å²) >= 11 is 0. The fraction of sp³-hybridized carbons (Fsp3) is 0.826. The van der Waals surface area contributed by atoms with Crippen molar-refractivity contribution in [3.05, 3.63) is 11.6 Å². The molecule has 0 amide bonds. The van der Waals surface area contributed by atoms with E-state index in [0.29, 0.717) is 23.2 Å². The lowest BCUT2D eigenvalue weighted by Crippen LogP contribution is -2.52. The molecule has 7 atom stereocenters. The van der Waals surface area contributed by atoms with Gasteiger partial charge in [0.15, 0.2) is 0 Å². The highest BCUT2D eigenvalue weighted by molar-refractivity contribution is 5.75. The summed E-state index contributed by atoms with van der Waals surface area (Å²) in [7, 11) is 1.52. The molecule has 0 radical (unpaired) electrons. The Balaban J connectivity index is 1.54. The van der Waals surface area contributed by atoms with Crippen LogP contribution < -0.4 is 0 Å². The Bertz CT molecular complexity index is 667. The van der Waals surface area contributed by atoms with Gasteiger partial charge in [-0.1, -0.05) is 25.5 Å². The van der Waals surface area contributed by atoms with E-state index in [1.54, 1.807) is 5.57 Å². The highest BCUT2D eigenvalue weighted by Crippen LogP contribution is 2.66. The Labute approximate surface area is 163 Å². The van der Waals surface area contributed by atoms with Crippen LogP contribution in [0, 0.1) is 34.5 Å². The monoisotopic (exact) mass is 374 g/mol. The highest BCUT2D eigenvalue weighted by atomic mass is 16.5. The molecule has 0 aliphatic heterocycles. The summed E-state index contributed by atoms with van der Waals surface area (Å²) in [5.41, 5.74) is 1.88. The molecule has 4 heteroatoms. The van der Waals surface area contributed by atoms with Gasteiger partial charge in [-0.15, -0.1) is 0 Å². The molecule has 0 aromatic heterocycles. The van der Waals surface area contributed by atoms with Crippen molar-refractivity contribution in [2.75, 3.05) is 7.11 Å². The van der Waals surface area contributed by atoms with E-state index in [1.165, 1.54) is 33.3 Å². The zero-order chi connectivity index (χ0) is 19.4. The maximum atomic E-state index is 12.4. The smallest absolute Gasteiger partial charge is 0.309 e. The molecule has 3 saturated carbocycles. The van der Waals surface area contributed by atoms with Crippen molar-refractivity contribution >= 4 is 11.9 Å². The predicted molar refractivity (Wildman–Crippen MR) is 103 cm³/mol. The molecule has 4 aliphatic carbocycles. The lowest BCUT2D eigenvalue weighted by atomic mass is 9.46. The fourth-order valence-corrected chi connectivity index (χ4v) is 7.39. The minimum Gasteiger partial charge on any atom is -0.469 e. The second-order valence-electron chi connectivity index (χ2n) is 9.93. The van der Waals surface area contributed by atoms with Crippen LogP contribution >= 0.6 is 0 Å². The number of fused-ring (bicyclic) bond motifs is 5. The van der Waals surface area contributed by atoms with Crippen molar-refractivity contribution in [2.24, 2.45) is 34.5 Å². The molecule has 27 heavy (non-hydrogen) atoms. The van der Waals surface area contributed by atoms with E-state index in [-0.39, 0.29) is 29.4 Å². The van der Waals surface area contributed by atoms with Crippen LogP contribution in [-0.2, 0) is 19.1 Å². The first-order valence-electron chi connectivity index (χ1n) is 10.7. The van der Waals surface area contributed by atoms with Gasteiger partial charge in [0.05, 0.1) is 13.0 Å². The molecule has 150 valence electrons. The molecular formula is C23H34O4. The Morgan fingerprint density at radius 1 is 1.11 bits per heavy atom. The topological polar surface area (TPSA) is 52.6 Å². The van der Waals surface area contributed by atoms with Crippen molar-refractivity contribution in [3.8, 4) is 0 Å². The number of esters is 2. The lowest BCUT2D eigenvalue weighted by molar-refractivity contribution is -0.157. The number of methoxy groups -OCH3 is 1. The third-order valence-electron chi connectivity index (χ3n) is 8.84. The number of ether oxygens (including phenoxy) is 2. The van der Waals surface area contributed by atoms with Crippen molar-refractivity contribution < 1.29 is 19.1 Å². The Morgan fingerprint density at radius 2 is 1.89 bits per heavy atom. The van der Waals surface area contributed by atoms with Crippen LogP contribution in [0.15, 0.2) is 11.6 Å². The normalized spacial score (nSPS) is 45.8. The molecule has 0 N–H and O–H groups in total. The van der Waals surface area contributed by atoms with Crippen molar-refractivity contribution in [1.82, 2.24) is 0 Å². The van der Waals surface area contributed by atoms with Gasteiger partial charge in [0.25, 0.3) is 0 Å². The van der Waals surface area contributed by atoms with E-state index < -0.39 is 0 Å². The van der Waals surface area contributed by atoms with Crippen LogP contribution in [-0.4, -0.2) is 25.2 Å². The number of allylic oxidation sites excluding steroid dienone is 2. The second-order valence-corrected chi connectivity index (χ2v) is 9.93. The molecule has 4 aliphatic rings. The van der Waals surface area contributed by atoms with E-state index >= 15 is 0 Å². The van der Waals surface area contributed by atoms with Gasteiger partial charge in [-0.25, -0.2) is 0 Å². The average molecular weight is 375 g/mol. The van der Waals surface area contributed by atoms with E-state index in [9.17, 15) is 9.59 Å². The van der Waals surface area contributed by atoms with Gasteiger partial charge in [0, 0.05) is 12.3 Å². The number of hydrogen-bond acceptors (Lipinski definition) is 4. The Morgan fingerprint density at radius 3 is 2.59 bits per heavy atom. The van der Waals surface area contributed by atoms with Crippen molar-refractivity contribution in [2.45, 2.75) is 78.2 Å². The first-order valence-corrected chi connectivity index (χ1v) is 10.7. The summed E-state index contributed by atoms with van der Waals surface area (Å²) in [6.45, 7) is 6.32. The summed E-state index contributed by atoms with van der Waals surface area (Å²) in [6, 6.07) is 0. The number of carbonyl (C=O) groups is 2. The van der Waals surface area contributed by atoms with Gasteiger partial charge >= 0.3 is 11.9 Å². The fourth-order valence-electron chi connectivity index (χ4n) is 7.39. The first-order chi connectivity index (χ1) is 12.8. The molecule has 4 rings (SSSR count). The quantitative estimate of drug-likeness (QED) is 0.521. The van der Waals surface area contributed by atoms with Crippen LogP contribution in [0.25, 0.3) is 0 Å². The minimum absolute atomic E-state index is 0.00341. The largest absolute Gasteiger partial charge is 0.469 e. The van der Waals surface area contributed by atoms with Crippen molar-refractivity contribution in [3.63, 3.8) is 0 Å². The summed E-state index contributed by atoms with van der Waals surface area (Å²) in [4.78, 5) is 23.7. The molecule has 0 saturated heterocycles. The van der Waals surface area contributed by atoms with Crippen LogP contribution in [0.1, 0.15) is 72.1 Å². The molecule has 3 fully saturated rings. The maximum absolute atomic E-state index is 12.4. The standard InChI is InChI=1S/C23H34O4/c1-14(24)27-16-9-11-22(2)15(13-16)5-6-17-18-7-8-20(21(25)26-4)23(18,3)12-10-19(17)22/h7,15-17,19-20H,5-6,8-13H2,1-4H3/t15?,16?,17-,19+,20?,22-,23-/m0/s1. The molecule has 0 aromatic rings. The van der Waals surface area contributed by atoms with E-state index in [0.717, 1.165) is 32.1 Å². The van der Waals surface area contributed by atoms with Crippen LogP contribution in [0.4, 0.5) is 0 Å². The predicted octanol–water partition coefficient (Wildman–Crippen LogP) is 4.67. The number of carbonyl (C=O) groups excluding carboxylic acids is 2. The van der Waals surface area contributed by atoms with Gasteiger partial charge < -0.3 is 9.47 Å². The SMILES string of the molecule is COC(=O)C1CC=C2[C@@H]3CCC4CC(OC(C)=O)CC[C@]4(C)[C@@H]3CC[C@@]21C. The summed E-state index contributed by atoms with van der Waals surface area (Å²) in [6.07, 6.45) is 11.2. The minimum atomic E-state index is -0.143. The third-order valence-corrected chi connectivity index (χ3v) is 8.84. The zero-order valence-electron chi connectivity index (χ0n) is 17.3. The second kappa shape index (κ2) is 6.63. The Kier molecular flexibility index (Phi) is 4.67. The lowest BCUT2D eigenvalue weighted by Gasteiger charge is -2.59. The maximum Gasteiger partial charge on any atom is 0.309 e. The molecular weight excluding hydrogens is 340 g/mol. The molecule has 0 heterocycles. The van der Waals surface area contributed by atoms with E-state index in [1.807, 2.05) is 0 Å². The van der Waals surface area contributed by atoms with Crippen LogP contribution in [0.5, 0.6) is 0 Å². The Hall–Kier alpha value is -1.32. The van der Waals surface area contributed by atoms with E-state index in [4.69, 9.17) is 9.47 Å². The highest BCUT2D eigenvalue weighted by Gasteiger charge is 2.58. The summed E-state index contributed by atoms with van der Waals surface area (Å²) in [5, 5.41) is 0. The third kappa shape index (κ3) is 2.86. The summed E-state index contributed by atoms with van der Waals surface area (Å²) < 4.78 is 10.7. The van der Waals surface area contributed by atoms with E-state index in [2.05, 4.69) is 19.9 Å². The molecule has 0 bridgehead atoms. The molecule has 0 spiro atoms. The van der Waals surface area contributed by atoms with Gasteiger partial charge in [0.1, 0.15) is 6.10 Å². The molecule has 0 aromatic carbocycles. The van der Waals surface area contributed by atoms with Gasteiger partial charge in [-0.2, -0.15) is 0 Å². The van der Waals surface area contributed by atoms with Gasteiger partial charge in [-0.05, 0) is 74.5 Å². The van der Waals surface area contributed by atoms with Crippen molar-refractivity contribution in [1.29, 1.82) is 0 Å². The number of rotatable bonds is 2. The van der Waals surface area contributed by atoms with Crippen LogP contribution in [0.3, 0.4) is 0 Å². The van der Waals surface area contributed by atoms with Gasteiger partial charge in [-0.3, -0.25) is 9.59 Å². The average Bonchev–Trinajstić information content (AvgIpc) is 2.98. The zero-order valence-corrected chi connectivity index (χ0v) is 17.3.